The van der Waals surface area contributed by atoms with E-state index in [4.69, 9.17) is 13.8 Å². The number of pyridine rings is 1. The normalized spacial score (nSPS) is 13.8. The molecule has 13 aromatic rings. The summed E-state index contributed by atoms with van der Waals surface area (Å²) in [4.78, 5) is 8.32. The Morgan fingerprint density at radius 3 is 1.97 bits per heavy atom. The predicted octanol–water partition coefficient (Wildman–Crippen LogP) is 13.5. The zero-order valence-corrected chi connectivity index (χ0v) is 35.5. The third-order valence-electron chi connectivity index (χ3n) is 12.6. The molecule has 0 N–H and O–H groups in total. The third kappa shape index (κ3) is 5.03. The quantitative estimate of drug-likeness (QED) is 0.165. The van der Waals surface area contributed by atoms with Crippen molar-refractivity contribution in [2.24, 2.45) is 0 Å². The van der Waals surface area contributed by atoms with E-state index in [1.165, 1.54) is 26.4 Å². The van der Waals surface area contributed by atoms with Crippen LogP contribution in [0.3, 0.4) is 0 Å². The zero-order chi connectivity index (χ0) is 43.1. The number of para-hydroxylation sites is 6. The SMILES string of the molecule is [2H]C([2H])([2H])N1[CH-]N(c2[c-]c(Oc3[c-]c4c(cc3)c3cc(-n5c6ccccc6c6ccccc65)cc5c3n4c3ncccc3c3cccc4c6ccccc6n5c43)ccc2)c2ccccc21.[Pt]. The number of benzene rings is 8. The Bertz CT molecular complexity index is 4120. The predicted molar refractivity (Wildman–Crippen MR) is 253 cm³/mol. The number of aromatic nitrogens is 4. The molecule has 5 aromatic heterocycles. The molecule has 1 aliphatic heterocycles. The van der Waals surface area contributed by atoms with Crippen molar-refractivity contribution in [1.82, 2.24) is 18.4 Å². The number of hydrogen-bond donors (Lipinski definition) is 0. The van der Waals surface area contributed by atoms with Crippen LogP contribution in [0.1, 0.15) is 4.11 Å². The topological polar surface area (TPSA) is 42.3 Å². The van der Waals surface area contributed by atoms with E-state index in [1.807, 2.05) is 65.7 Å². The van der Waals surface area contributed by atoms with Crippen molar-refractivity contribution < 1.29 is 29.9 Å². The number of anilines is 3. The molecule has 0 atom stereocenters. The molecule has 8 heteroatoms. The number of fused-ring (bicyclic) bond motifs is 14. The minimum Gasteiger partial charge on any atom is -0.509 e. The summed E-state index contributed by atoms with van der Waals surface area (Å²) in [6.07, 6.45) is 1.86. The van der Waals surface area contributed by atoms with Crippen LogP contribution in [-0.2, 0) is 21.1 Å². The first kappa shape index (κ1) is 33.1. The Morgan fingerprint density at radius 2 is 1.17 bits per heavy atom. The van der Waals surface area contributed by atoms with Crippen LogP contribution in [0, 0.1) is 18.8 Å². The van der Waals surface area contributed by atoms with E-state index >= 15 is 0 Å². The first-order valence-electron chi connectivity index (χ1n) is 22.1. The molecule has 1 aliphatic rings. The number of rotatable bonds is 4. The summed E-state index contributed by atoms with van der Waals surface area (Å²) in [5, 5.41) is 8.89. The summed E-state index contributed by atoms with van der Waals surface area (Å²) in [6, 6.07) is 65.7. The van der Waals surface area contributed by atoms with Crippen LogP contribution in [0.5, 0.6) is 11.5 Å². The zero-order valence-electron chi connectivity index (χ0n) is 36.2. The van der Waals surface area contributed by atoms with E-state index in [9.17, 15) is 0 Å². The second kappa shape index (κ2) is 13.4. The summed E-state index contributed by atoms with van der Waals surface area (Å²) in [5.41, 5.74) is 11.2. The average molecular weight is 992 g/mol. The molecule has 63 heavy (non-hydrogen) atoms. The van der Waals surface area contributed by atoms with Gasteiger partial charge in [-0.3, -0.25) is 0 Å². The van der Waals surface area contributed by atoms with E-state index in [0.29, 0.717) is 22.9 Å². The van der Waals surface area contributed by atoms with Crippen molar-refractivity contribution in [3.8, 4) is 17.2 Å². The van der Waals surface area contributed by atoms with Crippen molar-refractivity contribution in [3.63, 3.8) is 0 Å². The van der Waals surface area contributed by atoms with Crippen LogP contribution in [0.2, 0.25) is 0 Å². The van der Waals surface area contributed by atoms with Gasteiger partial charge in [-0.05, 0) is 67.0 Å². The van der Waals surface area contributed by atoms with Crippen LogP contribution in [0.15, 0.2) is 176 Å². The van der Waals surface area contributed by atoms with Gasteiger partial charge in [0, 0.05) is 92.3 Å². The maximum atomic E-state index is 8.19. The monoisotopic (exact) mass is 991 g/mol. The van der Waals surface area contributed by atoms with Gasteiger partial charge < -0.3 is 27.9 Å². The molecule has 0 saturated heterocycles. The van der Waals surface area contributed by atoms with Crippen LogP contribution in [-0.4, -0.2) is 25.3 Å². The molecule has 0 bridgehead atoms. The second-order valence-electron chi connectivity index (χ2n) is 15.9. The molecule has 0 amide bonds. The Morgan fingerprint density at radius 1 is 0.524 bits per heavy atom. The Kier molecular flexibility index (Phi) is 7.06. The second-order valence-corrected chi connectivity index (χ2v) is 15.9. The molecule has 0 spiro atoms. The Hall–Kier alpha value is -7.60. The van der Waals surface area contributed by atoms with Crippen LogP contribution in [0.4, 0.5) is 17.1 Å². The van der Waals surface area contributed by atoms with E-state index in [2.05, 4.69) is 141 Å². The fourth-order valence-electron chi connectivity index (χ4n) is 10.1. The maximum absolute atomic E-state index is 8.19. The Labute approximate surface area is 379 Å². The largest absolute Gasteiger partial charge is 0.509 e. The third-order valence-corrected chi connectivity index (χ3v) is 12.6. The van der Waals surface area contributed by atoms with Crippen LogP contribution >= 0.6 is 0 Å². The molecule has 7 nitrogen and oxygen atoms in total. The fraction of sp³-hybridized carbons (Fsp3) is 0.0182. The summed E-state index contributed by atoms with van der Waals surface area (Å²) in [7, 11) is 0. The maximum Gasteiger partial charge on any atom is 0.143 e. The first-order valence-corrected chi connectivity index (χ1v) is 20.6. The number of hydrogen-bond acceptors (Lipinski definition) is 4. The minimum atomic E-state index is -2.36. The van der Waals surface area contributed by atoms with Gasteiger partial charge in [-0.15, -0.1) is 41.4 Å². The van der Waals surface area contributed by atoms with Gasteiger partial charge in [-0.25, -0.2) is 4.98 Å². The molecule has 0 unspecified atom stereocenters. The minimum absolute atomic E-state index is 0. The van der Waals surface area contributed by atoms with Gasteiger partial charge >= 0.3 is 0 Å². The molecule has 0 saturated carbocycles. The van der Waals surface area contributed by atoms with Gasteiger partial charge in [-0.2, -0.15) is 18.8 Å². The molecule has 6 heterocycles. The molecule has 0 radical (unpaired) electrons. The molecule has 8 aromatic carbocycles. The van der Waals surface area contributed by atoms with Crippen molar-refractivity contribution >= 4 is 104 Å². The van der Waals surface area contributed by atoms with Crippen molar-refractivity contribution in [3.05, 3.63) is 195 Å². The van der Waals surface area contributed by atoms with Gasteiger partial charge in [-0.1, -0.05) is 90.4 Å². The Balaban J connectivity index is 0.00000435. The molecule has 302 valence electrons. The first-order chi connectivity index (χ1) is 31.9. The summed E-state index contributed by atoms with van der Waals surface area (Å²) >= 11 is 0. The van der Waals surface area contributed by atoms with Gasteiger partial charge in [0.05, 0.1) is 33.1 Å². The number of ether oxygens (including phenoxy) is 1. The van der Waals surface area contributed by atoms with Crippen LogP contribution < -0.4 is 14.5 Å². The van der Waals surface area contributed by atoms with Crippen molar-refractivity contribution in [1.29, 1.82) is 0 Å². The molecule has 0 aliphatic carbocycles. The molecular weight excluding hydrogens is 956 g/mol. The van der Waals surface area contributed by atoms with E-state index < -0.39 is 6.98 Å². The summed E-state index contributed by atoms with van der Waals surface area (Å²) in [5.74, 6) is 0.959. The van der Waals surface area contributed by atoms with Gasteiger partial charge in [0.25, 0.3) is 0 Å². The van der Waals surface area contributed by atoms with Gasteiger partial charge in [0.15, 0.2) is 0 Å². The van der Waals surface area contributed by atoms with Gasteiger partial charge in [0.1, 0.15) is 5.65 Å². The summed E-state index contributed by atoms with van der Waals surface area (Å²) in [6.45, 7) is -0.758. The van der Waals surface area contributed by atoms with Crippen LogP contribution in [0.25, 0.3) is 93.0 Å². The van der Waals surface area contributed by atoms with E-state index in [1.54, 1.807) is 6.67 Å². The number of nitrogens with zero attached hydrogens (tertiary/aromatic N) is 6. The van der Waals surface area contributed by atoms with Crippen molar-refractivity contribution in [2.45, 2.75) is 0 Å². The van der Waals surface area contributed by atoms with E-state index in [-0.39, 0.29) is 21.1 Å². The van der Waals surface area contributed by atoms with Crippen molar-refractivity contribution in [2.75, 3.05) is 16.8 Å². The summed E-state index contributed by atoms with van der Waals surface area (Å²) < 4.78 is 38.3. The molecular formula is C55H33N6OPt-3. The fourth-order valence-corrected chi connectivity index (χ4v) is 10.1. The van der Waals surface area contributed by atoms with E-state index in [0.717, 1.165) is 77.2 Å². The molecule has 14 rings (SSSR count). The molecule has 0 fully saturated rings. The average Bonchev–Trinajstić information content (AvgIpc) is 4.08. The standard InChI is InChI=1S/C55H33N6O.Pt/c1-57-33-58(50-25-9-8-24-49(50)57)34-13-10-14-36(29-34)62-37-26-27-41-45-30-35(59-46-21-5-2-15-38(46)39-16-3-6-22-47(39)59)31-52-54(45)61(51(41)32-37)55-44(20-12-28-56-55)43-19-11-18-42-40-17-4-7-23-48(40)60(52)53(42)43;/h2-28,30-31,33H,1H3;/q-3;/i1D3;. The smallest absolute Gasteiger partial charge is 0.143 e. The van der Waals surface area contributed by atoms with Gasteiger partial charge in [0.2, 0.25) is 0 Å².